The molecule has 1 amide bonds. The van der Waals surface area contributed by atoms with Gasteiger partial charge in [-0.3, -0.25) is 4.90 Å². The average molecular weight is 319 g/mol. The van der Waals surface area contributed by atoms with Crippen molar-refractivity contribution in [3.8, 4) is 0 Å². The zero-order valence-electron chi connectivity index (χ0n) is 14.5. The highest BCUT2D eigenvalue weighted by Gasteiger charge is 2.42. The number of carbonyl (C=O) groups is 2. The first kappa shape index (κ1) is 17.3. The Labute approximate surface area is 137 Å². The van der Waals surface area contributed by atoms with Gasteiger partial charge in [-0.25, -0.2) is 9.59 Å². The van der Waals surface area contributed by atoms with Gasteiger partial charge in [-0.1, -0.05) is 29.8 Å². The molecule has 1 fully saturated rings. The molecule has 1 heterocycles. The van der Waals surface area contributed by atoms with Crippen molar-refractivity contribution in [3.05, 3.63) is 35.4 Å². The quantitative estimate of drug-likeness (QED) is 0.785. The Balaban J connectivity index is 2.22. The Bertz CT molecular complexity index is 591. The second-order valence-corrected chi connectivity index (χ2v) is 7.02. The van der Waals surface area contributed by atoms with E-state index in [2.05, 4.69) is 6.07 Å². The van der Waals surface area contributed by atoms with Gasteiger partial charge in [-0.2, -0.15) is 0 Å². The van der Waals surface area contributed by atoms with Crippen LogP contribution in [0, 0.1) is 6.92 Å². The summed E-state index contributed by atoms with van der Waals surface area (Å²) in [6, 6.07) is 7.55. The van der Waals surface area contributed by atoms with E-state index in [9.17, 15) is 9.59 Å². The molecule has 0 saturated carbocycles. The predicted octanol–water partition coefficient (Wildman–Crippen LogP) is 3.26. The summed E-state index contributed by atoms with van der Waals surface area (Å²) in [5, 5.41) is 0. The molecule has 5 nitrogen and oxygen atoms in total. The van der Waals surface area contributed by atoms with Crippen molar-refractivity contribution >= 4 is 12.1 Å². The van der Waals surface area contributed by atoms with Gasteiger partial charge in [-0.15, -0.1) is 0 Å². The smallest absolute Gasteiger partial charge is 0.411 e. The molecule has 1 aliphatic heterocycles. The lowest BCUT2D eigenvalue weighted by Crippen LogP contribution is -2.43. The number of nitrogens with zero attached hydrogens (tertiary/aromatic N) is 1. The van der Waals surface area contributed by atoms with E-state index in [0.29, 0.717) is 13.0 Å². The Hall–Kier alpha value is -2.04. The monoisotopic (exact) mass is 319 g/mol. The van der Waals surface area contributed by atoms with Crippen molar-refractivity contribution < 1.29 is 19.1 Å². The van der Waals surface area contributed by atoms with Crippen molar-refractivity contribution in [2.45, 2.75) is 51.7 Å². The number of hydrogen-bond acceptors (Lipinski definition) is 4. The molecule has 1 aliphatic rings. The number of carbonyl (C=O) groups excluding carboxylic acids is 2. The second-order valence-electron chi connectivity index (χ2n) is 7.02. The number of ether oxygens (including phenoxy) is 2. The molecule has 5 heteroatoms. The summed E-state index contributed by atoms with van der Waals surface area (Å²) in [5.74, 6) is -0.294. The number of likely N-dealkylation sites (tertiary alicyclic amines) is 1. The number of hydrogen-bond donors (Lipinski definition) is 0. The van der Waals surface area contributed by atoms with Crippen LogP contribution in [0.2, 0.25) is 0 Å². The SMILES string of the molecule is COC(=O)[C@@H]1C[C@@H](c2cccc(C)c2)CN1C(=O)OC(C)(C)C. The van der Waals surface area contributed by atoms with E-state index < -0.39 is 23.7 Å². The number of aryl methyl sites for hydroxylation is 1. The third-order valence-electron chi connectivity index (χ3n) is 3.92. The number of benzene rings is 1. The van der Waals surface area contributed by atoms with Crippen LogP contribution in [0.3, 0.4) is 0 Å². The van der Waals surface area contributed by atoms with Gasteiger partial charge < -0.3 is 9.47 Å². The first-order chi connectivity index (χ1) is 10.7. The average Bonchev–Trinajstić information content (AvgIpc) is 2.90. The molecule has 2 atom stereocenters. The van der Waals surface area contributed by atoms with Crippen LogP contribution in [-0.4, -0.2) is 42.3 Å². The highest BCUT2D eigenvalue weighted by molar-refractivity contribution is 5.82. The van der Waals surface area contributed by atoms with Crippen molar-refractivity contribution in [1.29, 1.82) is 0 Å². The Morgan fingerprint density at radius 3 is 2.52 bits per heavy atom. The van der Waals surface area contributed by atoms with Gasteiger partial charge in [0.25, 0.3) is 0 Å². The van der Waals surface area contributed by atoms with E-state index in [4.69, 9.17) is 9.47 Å². The lowest BCUT2D eigenvalue weighted by molar-refractivity contribution is -0.145. The highest BCUT2D eigenvalue weighted by atomic mass is 16.6. The van der Waals surface area contributed by atoms with Gasteiger partial charge in [0, 0.05) is 12.5 Å². The van der Waals surface area contributed by atoms with Crippen molar-refractivity contribution in [2.75, 3.05) is 13.7 Å². The van der Waals surface area contributed by atoms with Gasteiger partial charge in [0.1, 0.15) is 11.6 Å². The molecule has 0 spiro atoms. The lowest BCUT2D eigenvalue weighted by atomic mass is 9.95. The molecule has 1 saturated heterocycles. The molecule has 0 unspecified atom stereocenters. The molecule has 0 N–H and O–H groups in total. The first-order valence-electron chi connectivity index (χ1n) is 7.85. The Kier molecular flexibility index (Phi) is 4.97. The molecule has 23 heavy (non-hydrogen) atoms. The summed E-state index contributed by atoms with van der Waals surface area (Å²) in [6.07, 6.45) is 0.0816. The van der Waals surface area contributed by atoms with Gasteiger partial charge in [0.2, 0.25) is 0 Å². The summed E-state index contributed by atoms with van der Waals surface area (Å²) >= 11 is 0. The molecule has 0 bridgehead atoms. The Morgan fingerprint density at radius 2 is 1.96 bits per heavy atom. The minimum absolute atomic E-state index is 0.103. The van der Waals surface area contributed by atoms with Crippen LogP contribution in [0.4, 0.5) is 4.79 Å². The molecule has 2 rings (SSSR count). The molecular formula is C18H25NO4. The maximum atomic E-state index is 12.4. The summed E-state index contributed by atoms with van der Waals surface area (Å²) in [5.41, 5.74) is 1.69. The summed E-state index contributed by atoms with van der Waals surface area (Å²) in [7, 11) is 1.34. The molecule has 0 radical (unpaired) electrons. The zero-order valence-corrected chi connectivity index (χ0v) is 14.5. The first-order valence-corrected chi connectivity index (χ1v) is 7.85. The number of esters is 1. The molecule has 0 aliphatic carbocycles. The van der Waals surface area contributed by atoms with E-state index in [-0.39, 0.29) is 5.92 Å². The van der Waals surface area contributed by atoms with Crippen LogP contribution in [-0.2, 0) is 14.3 Å². The van der Waals surface area contributed by atoms with Gasteiger partial charge >= 0.3 is 12.1 Å². The van der Waals surface area contributed by atoms with Crippen molar-refractivity contribution in [1.82, 2.24) is 4.90 Å². The molecule has 126 valence electrons. The third-order valence-corrected chi connectivity index (χ3v) is 3.92. The van der Waals surface area contributed by atoms with Gasteiger partial charge in [0.05, 0.1) is 7.11 Å². The van der Waals surface area contributed by atoms with E-state index in [0.717, 1.165) is 11.1 Å². The normalized spacial score (nSPS) is 21.2. The fourth-order valence-electron chi connectivity index (χ4n) is 2.88. The standard InChI is InChI=1S/C18H25NO4/c1-12-7-6-8-13(9-12)14-10-15(16(20)22-5)19(11-14)17(21)23-18(2,3)4/h6-9,14-15H,10-11H2,1-5H3/t14-,15+/m1/s1. The van der Waals surface area contributed by atoms with E-state index >= 15 is 0 Å². The van der Waals surface area contributed by atoms with E-state index in [1.165, 1.54) is 12.0 Å². The molecule has 1 aromatic carbocycles. The van der Waals surface area contributed by atoms with Crippen molar-refractivity contribution in [2.24, 2.45) is 0 Å². The van der Waals surface area contributed by atoms with Crippen LogP contribution in [0.25, 0.3) is 0 Å². The number of methoxy groups -OCH3 is 1. The minimum Gasteiger partial charge on any atom is -0.467 e. The lowest BCUT2D eigenvalue weighted by Gasteiger charge is -2.27. The van der Waals surface area contributed by atoms with Gasteiger partial charge in [0.15, 0.2) is 0 Å². The van der Waals surface area contributed by atoms with Gasteiger partial charge in [-0.05, 0) is 39.7 Å². The molecular weight excluding hydrogens is 294 g/mol. The maximum absolute atomic E-state index is 12.4. The van der Waals surface area contributed by atoms with E-state index in [1.54, 1.807) is 0 Å². The van der Waals surface area contributed by atoms with Crippen LogP contribution >= 0.6 is 0 Å². The largest absolute Gasteiger partial charge is 0.467 e. The van der Waals surface area contributed by atoms with E-state index in [1.807, 2.05) is 45.9 Å². The second kappa shape index (κ2) is 6.60. The van der Waals surface area contributed by atoms with Crippen LogP contribution in [0.15, 0.2) is 24.3 Å². The summed E-state index contributed by atoms with van der Waals surface area (Å²) in [4.78, 5) is 26.0. The third kappa shape index (κ3) is 4.24. The molecule has 0 aromatic heterocycles. The van der Waals surface area contributed by atoms with Crippen LogP contribution in [0.5, 0.6) is 0 Å². The highest BCUT2D eigenvalue weighted by Crippen LogP contribution is 2.33. The maximum Gasteiger partial charge on any atom is 0.411 e. The minimum atomic E-state index is -0.598. The fourth-order valence-corrected chi connectivity index (χ4v) is 2.88. The van der Waals surface area contributed by atoms with Crippen molar-refractivity contribution in [3.63, 3.8) is 0 Å². The number of amides is 1. The zero-order chi connectivity index (χ0) is 17.2. The van der Waals surface area contributed by atoms with Crippen LogP contribution in [0.1, 0.15) is 44.2 Å². The summed E-state index contributed by atoms with van der Waals surface area (Å²) in [6.45, 7) is 7.92. The fraction of sp³-hybridized carbons (Fsp3) is 0.556. The Morgan fingerprint density at radius 1 is 1.26 bits per heavy atom. The predicted molar refractivity (Wildman–Crippen MR) is 87.3 cm³/mol. The number of rotatable bonds is 2. The van der Waals surface area contributed by atoms with Crippen LogP contribution < -0.4 is 0 Å². The summed E-state index contributed by atoms with van der Waals surface area (Å²) < 4.78 is 10.3. The topological polar surface area (TPSA) is 55.8 Å². The molecule has 1 aromatic rings.